The Balaban J connectivity index is 1.42. The number of hydrogen-bond donors (Lipinski definition) is 2. The molecule has 3 rings (SSSR count). The average molecular weight is 418 g/mol. The Morgan fingerprint density at radius 3 is 2.26 bits per heavy atom. The fourth-order valence-electron chi connectivity index (χ4n) is 3.03. The van der Waals surface area contributed by atoms with Crippen LogP contribution in [0.2, 0.25) is 0 Å². The first kappa shape index (κ1) is 21.9. The first-order chi connectivity index (χ1) is 15.0. The molecule has 0 radical (unpaired) electrons. The molecule has 0 fully saturated rings. The number of nitrogens with one attached hydrogen (secondary N) is 2. The Bertz CT molecular complexity index is 1020. The molecule has 0 saturated carbocycles. The van der Waals surface area contributed by atoms with Crippen molar-refractivity contribution in [3.05, 3.63) is 83.9 Å². The first-order valence-corrected chi connectivity index (χ1v) is 10.1. The molecule has 1 amide bonds. The topological polar surface area (TPSA) is 76.7 Å². The average Bonchev–Trinajstić information content (AvgIpc) is 2.79. The zero-order chi connectivity index (χ0) is 22.1. The van der Waals surface area contributed by atoms with Crippen molar-refractivity contribution in [3.63, 3.8) is 0 Å². The second-order valence-electron chi connectivity index (χ2n) is 6.98. The lowest BCUT2D eigenvalue weighted by Gasteiger charge is -2.13. The Morgan fingerprint density at radius 1 is 0.839 bits per heavy atom. The first-order valence-electron chi connectivity index (χ1n) is 10.1. The van der Waals surface area contributed by atoms with Gasteiger partial charge in [0.05, 0.1) is 0 Å². The molecule has 160 valence electrons. The number of carbonyl (C=O) groups is 2. The molecular weight excluding hydrogens is 392 g/mol. The zero-order valence-corrected chi connectivity index (χ0v) is 17.7. The van der Waals surface area contributed by atoms with Crippen LogP contribution < -0.4 is 15.4 Å². The molecule has 3 aromatic carbocycles. The van der Waals surface area contributed by atoms with Crippen LogP contribution in [0.1, 0.15) is 18.1 Å². The molecule has 0 heterocycles. The summed E-state index contributed by atoms with van der Waals surface area (Å²) in [5.41, 5.74) is 4.66. The number of ether oxygens (including phenoxy) is 2. The summed E-state index contributed by atoms with van der Waals surface area (Å²) in [4.78, 5) is 24.1. The van der Waals surface area contributed by atoms with E-state index in [1.54, 1.807) is 12.1 Å². The maximum Gasteiger partial charge on any atom is 0.344 e. The van der Waals surface area contributed by atoms with Gasteiger partial charge in [0.1, 0.15) is 5.75 Å². The highest BCUT2D eigenvalue weighted by molar-refractivity contribution is 5.94. The van der Waals surface area contributed by atoms with Gasteiger partial charge in [-0.25, -0.2) is 4.79 Å². The van der Waals surface area contributed by atoms with Crippen LogP contribution in [0.15, 0.2) is 72.8 Å². The van der Waals surface area contributed by atoms with Crippen LogP contribution in [0.25, 0.3) is 0 Å². The normalized spacial score (nSPS) is 10.3. The van der Waals surface area contributed by atoms with Gasteiger partial charge in [0.2, 0.25) is 0 Å². The second-order valence-corrected chi connectivity index (χ2v) is 6.98. The lowest BCUT2D eigenvalue weighted by molar-refractivity contribution is -0.149. The van der Waals surface area contributed by atoms with E-state index in [2.05, 4.69) is 10.6 Å². The van der Waals surface area contributed by atoms with Gasteiger partial charge in [-0.05, 0) is 60.9 Å². The van der Waals surface area contributed by atoms with Crippen LogP contribution in [0, 0.1) is 6.92 Å². The van der Waals surface area contributed by atoms with E-state index in [9.17, 15) is 9.59 Å². The third-order valence-corrected chi connectivity index (χ3v) is 4.64. The van der Waals surface area contributed by atoms with Gasteiger partial charge in [-0.1, -0.05) is 43.3 Å². The minimum absolute atomic E-state index is 0.274. The molecule has 6 nitrogen and oxygen atoms in total. The monoisotopic (exact) mass is 418 g/mol. The van der Waals surface area contributed by atoms with E-state index in [4.69, 9.17) is 9.47 Å². The van der Waals surface area contributed by atoms with Crippen molar-refractivity contribution >= 4 is 28.9 Å². The molecule has 0 aliphatic heterocycles. The fourth-order valence-corrected chi connectivity index (χ4v) is 3.03. The van der Waals surface area contributed by atoms with Gasteiger partial charge in [-0.15, -0.1) is 0 Å². The van der Waals surface area contributed by atoms with Crippen molar-refractivity contribution in [3.8, 4) is 5.75 Å². The second kappa shape index (κ2) is 10.8. The molecular formula is C25H26N2O4. The van der Waals surface area contributed by atoms with E-state index in [0.717, 1.165) is 34.6 Å². The molecule has 3 aromatic rings. The molecule has 0 aromatic heterocycles. The summed E-state index contributed by atoms with van der Waals surface area (Å²) in [5.74, 6) is -0.455. The molecule has 0 bridgehead atoms. The summed E-state index contributed by atoms with van der Waals surface area (Å²) in [6, 6.07) is 22.9. The Morgan fingerprint density at radius 2 is 1.55 bits per heavy atom. The van der Waals surface area contributed by atoms with Crippen molar-refractivity contribution < 1.29 is 19.1 Å². The SMILES string of the molecule is CCc1cccc(C)c1NC(=O)COC(=O)COc1ccc(Nc2ccccc2)cc1. The van der Waals surface area contributed by atoms with Crippen LogP contribution in [0.3, 0.4) is 0 Å². The van der Waals surface area contributed by atoms with Gasteiger partial charge >= 0.3 is 5.97 Å². The molecule has 2 N–H and O–H groups in total. The van der Waals surface area contributed by atoms with E-state index in [1.807, 2.05) is 74.5 Å². The number of aryl methyl sites for hydroxylation is 2. The third kappa shape index (κ3) is 6.60. The van der Waals surface area contributed by atoms with Crippen LogP contribution in [0.5, 0.6) is 5.75 Å². The minimum atomic E-state index is -0.609. The number of esters is 1. The number of rotatable bonds is 9. The van der Waals surface area contributed by atoms with Crippen molar-refractivity contribution in [1.29, 1.82) is 0 Å². The van der Waals surface area contributed by atoms with Crippen LogP contribution in [-0.4, -0.2) is 25.1 Å². The standard InChI is InChI=1S/C25H26N2O4/c1-3-19-9-7-8-18(2)25(19)27-23(28)16-31-24(29)17-30-22-14-12-21(13-15-22)26-20-10-5-4-6-11-20/h4-15,26H,3,16-17H2,1-2H3,(H,27,28). The predicted octanol–water partition coefficient (Wildman–Crippen LogP) is 4.86. The largest absolute Gasteiger partial charge is 0.482 e. The summed E-state index contributed by atoms with van der Waals surface area (Å²) < 4.78 is 10.5. The number of hydrogen-bond acceptors (Lipinski definition) is 5. The van der Waals surface area contributed by atoms with Gasteiger partial charge in [0, 0.05) is 17.1 Å². The van der Waals surface area contributed by atoms with Gasteiger partial charge in [-0.3, -0.25) is 4.79 Å². The number of anilines is 3. The van der Waals surface area contributed by atoms with E-state index >= 15 is 0 Å². The zero-order valence-electron chi connectivity index (χ0n) is 17.7. The summed E-state index contributed by atoms with van der Waals surface area (Å²) in [6.45, 7) is 3.31. The number of benzene rings is 3. The van der Waals surface area contributed by atoms with Crippen molar-refractivity contribution in [2.45, 2.75) is 20.3 Å². The van der Waals surface area contributed by atoms with Gasteiger partial charge in [-0.2, -0.15) is 0 Å². The molecule has 0 aliphatic carbocycles. The summed E-state index contributed by atoms with van der Waals surface area (Å²) in [5, 5.41) is 6.09. The van der Waals surface area contributed by atoms with E-state index < -0.39 is 5.97 Å². The number of carbonyl (C=O) groups excluding carboxylic acids is 2. The van der Waals surface area contributed by atoms with Crippen molar-refractivity contribution in [1.82, 2.24) is 0 Å². The van der Waals surface area contributed by atoms with Crippen LogP contribution in [0.4, 0.5) is 17.1 Å². The molecule has 0 aliphatic rings. The van der Waals surface area contributed by atoms with Crippen molar-refractivity contribution in [2.75, 3.05) is 23.8 Å². The van der Waals surface area contributed by atoms with Crippen LogP contribution >= 0.6 is 0 Å². The fraction of sp³-hybridized carbons (Fsp3) is 0.200. The highest BCUT2D eigenvalue weighted by Gasteiger charge is 2.12. The lowest BCUT2D eigenvalue weighted by atomic mass is 10.1. The highest BCUT2D eigenvalue weighted by Crippen LogP contribution is 2.21. The van der Waals surface area contributed by atoms with Crippen LogP contribution in [-0.2, 0) is 20.7 Å². The molecule has 31 heavy (non-hydrogen) atoms. The van der Waals surface area contributed by atoms with E-state index in [-0.39, 0.29) is 19.1 Å². The lowest BCUT2D eigenvalue weighted by Crippen LogP contribution is -2.24. The quantitative estimate of drug-likeness (QED) is 0.485. The molecule has 0 saturated heterocycles. The summed E-state index contributed by atoms with van der Waals surface area (Å²) in [6.07, 6.45) is 0.796. The Hall–Kier alpha value is -3.80. The molecule has 0 spiro atoms. The third-order valence-electron chi connectivity index (χ3n) is 4.64. The minimum Gasteiger partial charge on any atom is -0.482 e. The van der Waals surface area contributed by atoms with Gasteiger partial charge in [0.25, 0.3) is 5.91 Å². The Labute approximate surface area is 182 Å². The molecule has 0 unspecified atom stereocenters. The van der Waals surface area contributed by atoms with E-state index in [1.165, 1.54) is 0 Å². The molecule has 0 atom stereocenters. The smallest absolute Gasteiger partial charge is 0.344 e. The maximum absolute atomic E-state index is 12.2. The van der Waals surface area contributed by atoms with Crippen molar-refractivity contribution in [2.24, 2.45) is 0 Å². The van der Waals surface area contributed by atoms with Gasteiger partial charge in [0.15, 0.2) is 13.2 Å². The van der Waals surface area contributed by atoms with E-state index in [0.29, 0.717) is 5.75 Å². The van der Waals surface area contributed by atoms with Gasteiger partial charge < -0.3 is 20.1 Å². The Kier molecular flexibility index (Phi) is 7.65. The number of para-hydroxylation sites is 2. The molecule has 6 heteroatoms. The summed E-state index contributed by atoms with van der Waals surface area (Å²) in [7, 11) is 0. The highest BCUT2D eigenvalue weighted by atomic mass is 16.6. The predicted molar refractivity (Wildman–Crippen MR) is 122 cm³/mol. The number of amides is 1. The maximum atomic E-state index is 12.2. The summed E-state index contributed by atoms with van der Waals surface area (Å²) >= 11 is 0.